The molecule has 1 aromatic carbocycles. The summed E-state index contributed by atoms with van der Waals surface area (Å²) in [5.41, 5.74) is 2.27. The topological polar surface area (TPSA) is 84.1 Å². The molecular weight excluding hydrogens is 326 g/mol. The average Bonchev–Trinajstić information content (AvgIpc) is 2.60. The quantitative estimate of drug-likeness (QED) is 0.642. The highest BCUT2D eigenvalue weighted by Gasteiger charge is 2.16. The molecule has 0 saturated carbocycles. The van der Waals surface area contributed by atoms with Gasteiger partial charge >= 0.3 is 0 Å². The summed E-state index contributed by atoms with van der Waals surface area (Å²) < 4.78 is 5.13. The van der Waals surface area contributed by atoms with Crippen molar-refractivity contribution in [1.29, 1.82) is 0 Å². The predicted molar refractivity (Wildman–Crippen MR) is 93.8 cm³/mol. The molecule has 0 radical (unpaired) electrons. The minimum Gasteiger partial charge on any atom is -0.497 e. The fourth-order valence-electron chi connectivity index (χ4n) is 2.68. The molecule has 1 aliphatic rings. The average molecular weight is 345 g/mol. The van der Waals surface area contributed by atoms with E-state index >= 15 is 0 Å². The molecule has 1 amide bonds. The molecule has 6 nitrogen and oxygen atoms in total. The lowest BCUT2D eigenvalue weighted by Gasteiger charge is -2.14. The first kappa shape index (κ1) is 16.6. The Hall–Kier alpha value is -2.28. The van der Waals surface area contributed by atoms with Crippen LogP contribution in [0, 0.1) is 0 Å². The minimum absolute atomic E-state index is 0.0737. The van der Waals surface area contributed by atoms with Gasteiger partial charge in [0.15, 0.2) is 5.16 Å². The molecule has 0 bridgehead atoms. The fourth-order valence-corrected chi connectivity index (χ4v) is 3.36. The molecular formula is C17H19N3O3S. The van der Waals surface area contributed by atoms with Crippen molar-refractivity contribution in [1.82, 2.24) is 9.97 Å². The van der Waals surface area contributed by atoms with E-state index in [1.54, 1.807) is 19.2 Å². The summed E-state index contributed by atoms with van der Waals surface area (Å²) in [5, 5.41) is 3.31. The van der Waals surface area contributed by atoms with Gasteiger partial charge in [0, 0.05) is 17.3 Å². The second-order valence-corrected chi connectivity index (χ2v) is 6.54. The summed E-state index contributed by atoms with van der Waals surface area (Å²) in [5.74, 6) is 0.702. The summed E-state index contributed by atoms with van der Waals surface area (Å²) in [6.07, 6.45) is 3.72. The van der Waals surface area contributed by atoms with Crippen LogP contribution in [0.1, 0.15) is 24.1 Å². The lowest BCUT2D eigenvalue weighted by Crippen LogP contribution is -2.22. The SMILES string of the molecule is COc1cccc(NC(=O)CSc2nc3c(c(=O)[nH]2)CCCC3)c1. The van der Waals surface area contributed by atoms with Gasteiger partial charge in [0.1, 0.15) is 5.75 Å². The summed E-state index contributed by atoms with van der Waals surface area (Å²) in [6, 6.07) is 7.17. The molecule has 2 aromatic rings. The number of nitrogens with zero attached hydrogens (tertiary/aromatic N) is 1. The van der Waals surface area contributed by atoms with Crippen molar-refractivity contribution in [3.8, 4) is 5.75 Å². The van der Waals surface area contributed by atoms with E-state index in [1.165, 1.54) is 11.8 Å². The fraction of sp³-hybridized carbons (Fsp3) is 0.353. The second kappa shape index (κ2) is 7.53. The molecule has 7 heteroatoms. The lowest BCUT2D eigenvalue weighted by molar-refractivity contribution is -0.113. The number of nitrogens with one attached hydrogen (secondary N) is 2. The Kier molecular flexibility index (Phi) is 5.20. The number of benzene rings is 1. The molecule has 0 fully saturated rings. The second-order valence-electron chi connectivity index (χ2n) is 5.57. The first-order chi connectivity index (χ1) is 11.7. The van der Waals surface area contributed by atoms with E-state index in [1.807, 2.05) is 12.1 Å². The third-order valence-electron chi connectivity index (χ3n) is 3.86. The Morgan fingerprint density at radius 1 is 1.38 bits per heavy atom. The minimum atomic E-state index is -0.159. The monoisotopic (exact) mass is 345 g/mol. The number of aromatic nitrogens is 2. The molecule has 1 heterocycles. The highest BCUT2D eigenvalue weighted by atomic mass is 32.2. The maximum atomic E-state index is 12.1. The summed E-state index contributed by atoms with van der Waals surface area (Å²) in [7, 11) is 1.58. The van der Waals surface area contributed by atoms with E-state index in [9.17, 15) is 9.59 Å². The van der Waals surface area contributed by atoms with Gasteiger partial charge in [0.2, 0.25) is 5.91 Å². The molecule has 0 unspecified atom stereocenters. The van der Waals surface area contributed by atoms with Gasteiger partial charge in [-0.15, -0.1) is 0 Å². The van der Waals surface area contributed by atoms with Gasteiger partial charge in [0.05, 0.1) is 18.6 Å². The lowest BCUT2D eigenvalue weighted by atomic mass is 9.97. The van der Waals surface area contributed by atoms with E-state index in [0.717, 1.165) is 36.9 Å². The van der Waals surface area contributed by atoms with Crippen LogP contribution in [0.3, 0.4) is 0 Å². The van der Waals surface area contributed by atoms with Crippen LogP contribution in [-0.4, -0.2) is 28.7 Å². The molecule has 0 spiro atoms. The summed E-state index contributed by atoms with van der Waals surface area (Å²) in [4.78, 5) is 31.4. The molecule has 0 aliphatic heterocycles. The van der Waals surface area contributed by atoms with E-state index < -0.39 is 0 Å². The zero-order valence-electron chi connectivity index (χ0n) is 13.4. The van der Waals surface area contributed by atoms with Crippen LogP contribution in [0.4, 0.5) is 5.69 Å². The van der Waals surface area contributed by atoms with Crippen LogP contribution >= 0.6 is 11.8 Å². The van der Waals surface area contributed by atoms with Crippen molar-refractivity contribution < 1.29 is 9.53 Å². The standard InChI is InChI=1S/C17H19N3O3S/c1-23-12-6-4-5-11(9-12)18-15(21)10-24-17-19-14-8-3-2-7-13(14)16(22)20-17/h4-6,9H,2-3,7-8,10H2,1H3,(H,18,21)(H,19,20,22). The Balaban J connectivity index is 1.62. The predicted octanol–water partition coefficient (Wildman–Crippen LogP) is 2.39. The van der Waals surface area contributed by atoms with E-state index in [2.05, 4.69) is 15.3 Å². The van der Waals surface area contributed by atoms with Gasteiger partial charge < -0.3 is 15.0 Å². The summed E-state index contributed by atoms with van der Waals surface area (Å²) >= 11 is 1.23. The number of hydrogen-bond donors (Lipinski definition) is 2. The van der Waals surface area contributed by atoms with Crippen LogP contribution in [0.25, 0.3) is 0 Å². The molecule has 0 saturated heterocycles. The van der Waals surface area contributed by atoms with E-state index in [0.29, 0.717) is 16.6 Å². The van der Waals surface area contributed by atoms with Crippen LogP contribution < -0.4 is 15.6 Å². The highest BCUT2D eigenvalue weighted by molar-refractivity contribution is 7.99. The van der Waals surface area contributed by atoms with Gasteiger partial charge in [-0.2, -0.15) is 0 Å². The number of carbonyl (C=O) groups is 1. The maximum Gasteiger partial charge on any atom is 0.254 e. The first-order valence-electron chi connectivity index (χ1n) is 7.84. The number of thioether (sulfide) groups is 1. The maximum absolute atomic E-state index is 12.1. The number of aromatic amines is 1. The third-order valence-corrected chi connectivity index (χ3v) is 4.74. The van der Waals surface area contributed by atoms with Crippen molar-refractivity contribution in [3.63, 3.8) is 0 Å². The highest BCUT2D eigenvalue weighted by Crippen LogP contribution is 2.20. The van der Waals surface area contributed by atoms with Gasteiger partial charge in [-0.25, -0.2) is 4.98 Å². The van der Waals surface area contributed by atoms with E-state index in [4.69, 9.17) is 4.74 Å². The molecule has 24 heavy (non-hydrogen) atoms. The van der Waals surface area contributed by atoms with E-state index in [-0.39, 0.29) is 17.2 Å². The zero-order chi connectivity index (χ0) is 16.9. The number of H-pyrrole nitrogens is 1. The van der Waals surface area contributed by atoms with Crippen molar-refractivity contribution in [2.45, 2.75) is 30.8 Å². The molecule has 126 valence electrons. The number of methoxy groups -OCH3 is 1. The number of anilines is 1. The molecule has 0 atom stereocenters. The Labute approximate surface area is 144 Å². The number of aryl methyl sites for hydroxylation is 1. The number of amides is 1. The Bertz CT molecular complexity index is 804. The van der Waals surface area contributed by atoms with Crippen LogP contribution in [0.5, 0.6) is 5.75 Å². The van der Waals surface area contributed by atoms with Gasteiger partial charge in [0.25, 0.3) is 5.56 Å². The van der Waals surface area contributed by atoms with Crippen molar-refractivity contribution in [3.05, 3.63) is 45.9 Å². The van der Waals surface area contributed by atoms with Crippen LogP contribution in [-0.2, 0) is 17.6 Å². The van der Waals surface area contributed by atoms with Gasteiger partial charge in [-0.3, -0.25) is 9.59 Å². The number of rotatable bonds is 5. The van der Waals surface area contributed by atoms with Crippen molar-refractivity contribution in [2.24, 2.45) is 0 Å². The molecule has 1 aromatic heterocycles. The normalized spacial score (nSPS) is 13.2. The van der Waals surface area contributed by atoms with Gasteiger partial charge in [-0.1, -0.05) is 17.8 Å². The smallest absolute Gasteiger partial charge is 0.254 e. The number of carbonyl (C=O) groups excluding carboxylic acids is 1. The van der Waals surface area contributed by atoms with Crippen LogP contribution in [0.2, 0.25) is 0 Å². The number of fused-ring (bicyclic) bond motifs is 1. The Morgan fingerprint density at radius 3 is 3.04 bits per heavy atom. The molecule has 1 aliphatic carbocycles. The number of hydrogen-bond acceptors (Lipinski definition) is 5. The zero-order valence-corrected chi connectivity index (χ0v) is 14.2. The van der Waals surface area contributed by atoms with Gasteiger partial charge in [-0.05, 0) is 37.8 Å². The van der Waals surface area contributed by atoms with Crippen molar-refractivity contribution in [2.75, 3.05) is 18.2 Å². The number of ether oxygens (including phenoxy) is 1. The third kappa shape index (κ3) is 3.97. The molecule has 2 N–H and O–H groups in total. The first-order valence-corrected chi connectivity index (χ1v) is 8.83. The van der Waals surface area contributed by atoms with Crippen molar-refractivity contribution >= 4 is 23.4 Å². The summed E-state index contributed by atoms with van der Waals surface area (Å²) in [6.45, 7) is 0. The Morgan fingerprint density at radius 2 is 2.21 bits per heavy atom. The largest absolute Gasteiger partial charge is 0.497 e. The molecule has 3 rings (SSSR count). The van der Waals surface area contributed by atoms with Crippen LogP contribution in [0.15, 0.2) is 34.2 Å².